The van der Waals surface area contributed by atoms with E-state index < -0.39 is 17.7 Å². The van der Waals surface area contributed by atoms with Gasteiger partial charge in [0, 0.05) is 44.3 Å². The molecule has 1 fully saturated rings. The number of benzene rings is 3. The molecule has 1 saturated heterocycles. The molecule has 0 saturated carbocycles. The number of rotatable bonds is 8. The minimum absolute atomic E-state index is 0.0556. The standard InChI is InChI=1S/C33H31N3O4/c1-22-7-4-5-9-26(22)21-40-28-16-12-25(13-17-28)31(37)29-30(24-10-14-27(15-11-24)35(2)3)36(33(39)32(29)38)20-23-8-6-18-34-19-23/h4-19,30,37H,20-21H2,1-3H3/b31-29+/t30-/m1/s1. The van der Waals surface area contributed by atoms with Gasteiger partial charge in [-0.25, -0.2) is 0 Å². The molecule has 0 aliphatic carbocycles. The Morgan fingerprint density at radius 2 is 1.68 bits per heavy atom. The average molecular weight is 534 g/mol. The summed E-state index contributed by atoms with van der Waals surface area (Å²) in [7, 11) is 3.88. The van der Waals surface area contributed by atoms with Crippen molar-refractivity contribution >= 4 is 23.1 Å². The molecule has 2 heterocycles. The lowest BCUT2D eigenvalue weighted by atomic mass is 9.95. The normalized spacial score (nSPS) is 16.3. The summed E-state index contributed by atoms with van der Waals surface area (Å²) in [5, 5.41) is 11.4. The van der Waals surface area contributed by atoms with Crippen LogP contribution in [-0.2, 0) is 22.7 Å². The molecule has 7 heteroatoms. The number of likely N-dealkylation sites (tertiary alicyclic amines) is 1. The molecule has 5 rings (SSSR count). The first-order valence-electron chi connectivity index (χ1n) is 13.1. The summed E-state index contributed by atoms with van der Waals surface area (Å²) in [6, 6.07) is 25.4. The van der Waals surface area contributed by atoms with Crippen LogP contribution in [0.4, 0.5) is 5.69 Å². The fraction of sp³-hybridized carbons (Fsp3) is 0.182. The van der Waals surface area contributed by atoms with Crippen LogP contribution >= 0.6 is 0 Å². The zero-order valence-electron chi connectivity index (χ0n) is 22.7. The van der Waals surface area contributed by atoms with Crippen molar-refractivity contribution in [3.8, 4) is 5.75 Å². The van der Waals surface area contributed by atoms with E-state index in [2.05, 4.69) is 4.98 Å². The van der Waals surface area contributed by atoms with E-state index in [-0.39, 0.29) is 17.9 Å². The van der Waals surface area contributed by atoms with Gasteiger partial charge in [0.05, 0.1) is 11.6 Å². The highest BCUT2D eigenvalue weighted by Crippen LogP contribution is 2.40. The van der Waals surface area contributed by atoms with Crippen molar-refractivity contribution in [2.75, 3.05) is 19.0 Å². The van der Waals surface area contributed by atoms with Crippen molar-refractivity contribution in [2.45, 2.75) is 26.1 Å². The largest absolute Gasteiger partial charge is 0.507 e. The summed E-state index contributed by atoms with van der Waals surface area (Å²) < 4.78 is 5.94. The molecule has 40 heavy (non-hydrogen) atoms. The van der Waals surface area contributed by atoms with Crippen LogP contribution in [0.15, 0.2) is 103 Å². The minimum Gasteiger partial charge on any atom is -0.507 e. The van der Waals surface area contributed by atoms with E-state index in [9.17, 15) is 14.7 Å². The topological polar surface area (TPSA) is 83.0 Å². The summed E-state index contributed by atoms with van der Waals surface area (Å²) in [5.41, 5.74) is 5.21. The summed E-state index contributed by atoms with van der Waals surface area (Å²) in [6.45, 7) is 2.63. The SMILES string of the molecule is Cc1ccccc1COc1ccc(/C(O)=C2\C(=O)C(=O)N(Cc3cccnc3)[C@@H]2c2ccc(N(C)C)cc2)cc1. The van der Waals surface area contributed by atoms with Crippen molar-refractivity contribution < 1.29 is 19.4 Å². The number of anilines is 1. The molecule has 1 N–H and O–H groups in total. The molecule has 4 aromatic rings. The molecular weight excluding hydrogens is 502 g/mol. The van der Waals surface area contributed by atoms with Crippen LogP contribution in [0.5, 0.6) is 5.75 Å². The molecule has 1 aliphatic heterocycles. The van der Waals surface area contributed by atoms with Crippen molar-refractivity contribution in [3.63, 3.8) is 0 Å². The van der Waals surface area contributed by atoms with Gasteiger partial charge in [0.25, 0.3) is 11.7 Å². The van der Waals surface area contributed by atoms with E-state index >= 15 is 0 Å². The molecule has 1 atom stereocenters. The lowest BCUT2D eigenvalue weighted by Crippen LogP contribution is -2.29. The smallest absolute Gasteiger partial charge is 0.295 e. The Balaban J connectivity index is 1.48. The molecule has 1 amide bonds. The van der Waals surface area contributed by atoms with Gasteiger partial charge < -0.3 is 19.6 Å². The maximum atomic E-state index is 13.4. The highest BCUT2D eigenvalue weighted by molar-refractivity contribution is 6.46. The number of carbonyl (C=O) groups excluding carboxylic acids is 2. The Morgan fingerprint density at radius 1 is 0.950 bits per heavy atom. The fourth-order valence-electron chi connectivity index (χ4n) is 4.83. The van der Waals surface area contributed by atoms with Gasteiger partial charge in [0.2, 0.25) is 0 Å². The predicted octanol–water partition coefficient (Wildman–Crippen LogP) is 5.66. The van der Waals surface area contributed by atoms with E-state index in [4.69, 9.17) is 4.74 Å². The van der Waals surface area contributed by atoms with E-state index in [1.807, 2.05) is 80.5 Å². The maximum absolute atomic E-state index is 13.4. The van der Waals surface area contributed by atoms with E-state index in [0.717, 1.165) is 27.9 Å². The van der Waals surface area contributed by atoms with Gasteiger partial charge in [-0.2, -0.15) is 0 Å². The number of nitrogens with zero attached hydrogens (tertiary/aromatic N) is 3. The molecule has 0 spiro atoms. The Hall–Kier alpha value is -4.91. The monoisotopic (exact) mass is 533 g/mol. The number of aliphatic hydroxyl groups is 1. The fourth-order valence-corrected chi connectivity index (χ4v) is 4.83. The third-order valence-corrected chi connectivity index (χ3v) is 7.12. The molecule has 202 valence electrons. The zero-order chi connectivity index (χ0) is 28.2. The van der Waals surface area contributed by atoms with Crippen LogP contribution in [-0.4, -0.2) is 40.8 Å². The quantitative estimate of drug-likeness (QED) is 0.179. The Kier molecular flexibility index (Phi) is 7.64. The number of aryl methyl sites for hydroxylation is 1. The molecule has 0 bridgehead atoms. The Bertz CT molecular complexity index is 1550. The molecule has 1 aliphatic rings. The van der Waals surface area contributed by atoms with Crippen LogP contribution in [0.3, 0.4) is 0 Å². The summed E-state index contributed by atoms with van der Waals surface area (Å²) >= 11 is 0. The number of hydrogen-bond acceptors (Lipinski definition) is 6. The Morgan fingerprint density at radius 3 is 2.33 bits per heavy atom. The number of aromatic nitrogens is 1. The number of amides is 1. The van der Waals surface area contributed by atoms with Gasteiger partial charge >= 0.3 is 0 Å². The number of aliphatic hydroxyl groups excluding tert-OH is 1. The van der Waals surface area contributed by atoms with E-state index in [0.29, 0.717) is 17.9 Å². The highest BCUT2D eigenvalue weighted by Gasteiger charge is 2.46. The summed E-state index contributed by atoms with van der Waals surface area (Å²) in [6.07, 6.45) is 3.32. The van der Waals surface area contributed by atoms with Gasteiger partial charge in [-0.1, -0.05) is 42.5 Å². The van der Waals surface area contributed by atoms with Gasteiger partial charge in [0.15, 0.2) is 0 Å². The van der Waals surface area contributed by atoms with Crippen LogP contribution in [0.2, 0.25) is 0 Å². The third kappa shape index (κ3) is 5.45. The lowest BCUT2D eigenvalue weighted by Gasteiger charge is -2.26. The lowest BCUT2D eigenvalue weighted by molar-refractivity contribution is -0.140. The average Bonchev–Trinajstić information content (AvgIpc) is 3.22. The van der Waals surface area contributed by atoms with Crippen LogP contribution in [0, 0.1) is 6.92 Å². The van der Waals surface area contributed by atoms with Gasteiger partial charge in [-0.15, -0.1) is 0 Å². The molecule has 1 aromatic heterocycles. The second kappa shape index (κ2) is 11.5. The first kappa shape index (κ1) is 26.7. The third-order valence-electron chi connectivity index (χ3n) is 7.12. The first-order chi connectivity index (χ1) is 19.3. The van der Waals surface area contributed by atoms with Gasteiger partial charge in [0.1, 0.15) is 18.1 Å². The Labute approximate surface area is 234 Å². The van der Waals surface area contributed by atoms with Crippen LogP contribution in [0.1, 0.15) is 33.9 Å². The van der Waals surface area contributed by atoms with Crippen LogP contribution < -0.4 is 9.64 Å². The van der Waals surface area contributed by atoms with Crippen LogP contribution in [0.25, 0.3) is 5.76 Å². The second-order valence-electron chi connectivity index (χ2n) is 10.0. The number of ether oxygens (including phenoxy) is 1. The number of ketones is 1. The van der Waals surface area contributed by atoms with Crippen molar-refractivity contribution in [2.24, 2.45) is 0 Å². The molecule has 0 radical (unpaired) electrons. The van der Waals surface area contributed by atoms with Gasteiger partial charge in [-0.05, 0) is 71.6 Å². The first-order valence-corrected chi connectivity index (χ1v) is 13.1. The summed E-state index contributed by atoms with van der Waals surface area (Å²) in [4.78, 5) is 34.3. The van der Waals surface area contributed by atoms with E-state index in [1.54, 1.807) is 42.7 Å². The maximum Gasteiger partial charge on any atom is 0.295 e. The second-order valence-corrected chi connectivity index (χ2v) is 10.0. The number of carbonyl (C=O) groups is 2. The number of Topliss-reactive ketones (excluding diaryl/α,β-unsaturated/α-hetero) is 1. The minimum atomic E-state index is -0.756. The predicted molar refractivity (Wildman–Crippen MR) is 155 cm³/mol. The van der Waals surface area contributed by atoms with Crippen molar-refractivity contribution in [3.05, 3.63) is 131 Å². The van der Waals surface area contributed by atoms with E-state index in [1.165, 1.54) is 4.90 Å². The summed E-state index contributed by atoms with van der Waals surface area (Å²) in [5.74, 6) is -0.972. The molecule has 3 aromatic carbocycles. The van der Waals surface area contributed by atoms with Crippen molar-refractivity contribution in [1.29, 1.82) is 0 Å². The number of hydrogen-bond donors (Lipinski definition) is 1. The number of pyridine rings is 1. The zero-order valence-corrected chi connectivity index (χ0v) is 22.7. The molecular formula is C33H31N3O4. The molecule has 0 unspecified atom stereocenters. The molecule has 7 nitrogen and oxygen atoms in total. The van der Waals surface area contributed by atoms with Crippen molar-refractivity contribution in [1.82, 2.24) is 9.88 Å². The highest BCUT2D eigenvalue weighted by atomic mass is 16.5. The van der Waals surface area contributed by atoms with Gasteiger partial charge in [-0.3, -0.25) is 14.6 Å².